The highest BCUT2D eigenvalue weighted by Gasteiger charge is 2.31. The molecule has 0 aromatic heterocycles. The largest absolute Gasteiger partial charge is 0.507 e. The number of benzene rings is 5. The van der Waals surface area contributed by atoms with Crippen molar-refractivity contribution >= 4 is 0 Å². The molecule has 0 atom stereocenters. The van der Waals surface area contributed by atoms with Crippen LogP contribution in [0.2, 0.25) is 0 Å². The number of aromatic hydroxyl groups is 5. The van der Waals surface area contributed by atoms with Gasteiger partial charge in [0.25, 0.3) is 0 Å². The highest BCUT2D eigenvalue weighted by Crippen LogP contribution is 2.56. The van der Waals surface area contributed by atoms with Crippen molar-refractivity contribution in [3.05, 3.63) is 95.6 Å². The minimum Gasteiger partial charge on any atom is -0.507 e. The molecule has 0 saturated carbocycles. The summed E-state index contributed by atoms with van der Waals surface area (Å²) in [5.74, 6) is 0.100. The normalized spacial score (nSPS) is 11.5. The van der Waals surface area contributed by atoms with Gasteiger partial charge in [-0.3, -0.25) is 0 Å². The molecular formula is C45H52O5. The van der Waals surface area contributed by atoms with Gasteiger partial charge in [-0.05, 0) is 199 Å². The predicted molar refractivity (Wildman–Crippen MR) is 208 cm³/mol. The molecule has 0 amide bonds. The third kappa shape index (κ3) is 5.04. The van der Waals surface area contributed by atoms with Crippen molar-refractivity contribution in [3.63, 3.8) is 0 Å². The van der Waals surface area contributed by atoms with Crippen LogP contribution in [0.25, 0.3) is 44.5 Å². The fourth-order valence-corrected chi connectivity index (χ4v) is 8.00. The Morgan fingerprint density at radius 2 is 0.420 bits per heavy atom. The Kier molecular flexibility index (Phi) is 9.06. The Balaban J connectivity index is 1.97. The van der Waals surface area contributed by atoms with Crippen LogP contribution in [-0.2, 0) is 0 Å². The lowest BCUT2D eigenvalue weighted by Gasteiger charge is -2.27. The average Bonchev–Trinajstić information content (AvgIpc) is 3.05. The smallest absolute Gasteiger partial charge is 0.132 e. The summed E-state index contributed by atoms with van der Waals surface area (Å²) in [4.78, 5) is 0. The Hall–Kier alpha value is -4.90. The predicted octanol–water partition coefficient (Wildman–Crippen LogP) is 11.5. The first-order valence-corrected chi connectivity index (χ1v) is 17.3. The van der Waals surface area contributed by atoms with Crippen LogP contribution in [0.4, 0.5) is 0 Å². The van der Waals surface area contributed by atoms with Crippen molar-refractivity contribution in [2.24, 2.45) is 0 Å². The zero-order valence-electron chi connectivity index (χ0n) is 32.4. The zero-order valence-corrected chi connectivity index (χ0v) is 32.4. The van der Waals surface area contributed by atoms with Crippen molar-refractivity contribution in [1.29, 1.82) is 0 Å². The van der Waals surface area contributed by atoms with Crippen molar-refractivity contribution in [2.45, 2.75) is 104 Å². The van der Waals surface area contributed by atoms with Crippen molar-refractivity contribution in [3.8, 4) is 73.3 Å². The molecule has 0 aliphatic rings. The molecule has 0 spiro atoms. The van der Waals surface area contributed by atoms with Gasteiger partial charge in [0.05, 0.1) is 0 Å². The van der Waals surface area contributed by atoms with Gasteiger partial charge in [-0.1, -0.05) is 0 Å². The highest BCUT2D eigenvalue weighted by atomic mass is 16.3. The molecule has 0 unspecified atom stereocenters. The number of phenols is 5. The monoisotopic (exact) mass is 672 g/mol. The number of aryl methyl sites for hydroxylation is 2. The van der Waals surface area contributed by atoms with Crippen LogP contribution in [0.15, 0.2) is 12.1 Å². The van der Waals surface area contributed by atoms with Crippen LogP contribution in [0.1, 0.15) is 83.5 Å². The molecule has 0 aliphatic heterocycles. The first-order valence-electron chi connectivity index (χ1n) is 17.3. The van der Waals surface area contributed by atoms with E-state index in [0.29, 0.717) is 44.5 Å². The topological polar surface area (TPSA) is 101 Å². The van der Waals surface area contributed by atoms with Gasteiger partial charge in [-0.15, -0.1) is 0 Å². The van der Waals surface area contributed by atoms with E-state index >= 15 is 0 Å². The standard InChI is InChI=1S/C45H52O5/c1-18-16-33(46)35(25(8)20(18)3)37-27(10)22(5)29(12)39(43(37)48)41-31(14)24(7)32(15)42(45(41)50)40-30(13)23(6)28(11)38(44(40)49)36-26(9)21(4)19(2)17-34(36)47/h16-17,46-50H,1-15H3. The van der Waals surface area contributed by atoms with Crippen LogP contribution in [0.3, 0.4) is 0 Å². The number of hydrogen-bond donors (Lipinski definition) is 5. The first kappa shape index (κ1) is 36.4. The molecular weight excluding hydrogens is 620 g/mol. The molecule has 5 nitrogen and oxygen atoms in total. The maximum absolute atomic E-state index is 12.6. The Morgan fingerprint density at radius 1 is 0.240 bits per heavy atom. The van der Waals surface area contributed by atoms with Gasteiger partial charge in [-0.25, -0.2) is 0 Å². The summed E-state index contributed by atoms with van der Waals surface area (Å²) in [5, 5.41) is 59.9. The van der Waals surface area contributed by atoms with E-state index in [-0.39, 0.29) is 28.7 Å². The summed E-state index contributed by atoms with van der Waals surface area (Å²) in [6.07, 6.45) is 0. The van der Waals surface area contributed by atoms with E-state index in [2.05, 4.69) is 0 Å². The van der Waals surface area contributed by atoms with E-state index in [1.54, 1.807) is 12.1 Å². The summed E-state index contributed by atoms with van der Waals surface area (Å²) in [5.41, 5.74) is 17.6. The van der Waals surface area contributed by atoms with Crippen LogP contribution in [0.5, 0.6) is 28.7 Å². The molecule has 0 saturated heterocycles. The van der Waals surface area contributed by atoms with Crippen molar-refractivity contribution in [1.82, 2.24) is 0 Å². The summed E-state index contributed by atoms with van der Waals surface area (Å²) >= 11 is 0. The molecule has 5 aromatic carbocycles. The van der Waals surface area contributed by atoms with Gasteiger partial charge in [0, 0.05) is 44.5 Å². The lowest BCUT2D eigenvalue weighted by Crippen LogP contribution is -2.04. The van der Waals surface area contributed by atoms with E-state index in [0.717, 1.165) is 83.5 Å². The molecule has 5 heteroatoms. The molecule has 5 N–H and O–H groups in total. The molecule has 0 aliphatic carbocycles. The van der Waals surface area contributed by atoms with Gasteiger partial charge >= 0.3 is 0 Å². The van der Waals surface area contributed by atoms with E-state index in [1.807, 2.05) is 104 Å². The fraction of sp³-hybridized carbons (Fsp3) is 0.333. The van der Waals surface area contributed by atoms with E-state index in [4.69, 9.17) is 0 Å². The van der Waals surface area contributed by atoms with Crippen LogP contribution < -0.4 is 0 Å². The third-order valence-corrected chi connectivity index (χ3v) is 12.3. The van der Waals surface area contributed by atoms with Crippen LogP contribution in [-0.4, -0.2) is 25.5 Å². The van der Waals surface area contributed by atoms with Gasteiger partial charge in [-0.2, -0.15) is 0 Å². The van der Waals surface area contributed by atoms with E-state index in [9.17, 15) is 25.5 Å². The number of hydrogen-bond acceptors (Lipinski definition) is 5. The van der Waals surface area contributed by atoms with Gasteiger partial charge in [0.2, 0.25) is 0 Å². The Labute approximate surface area is 297 Å². The number of rotatable bonds is 4. The quantitative estimate of drug-likeness (QED) is 0.131. The molecule has 0 heterocycles. The number of phenolic OH excluding ortho intramolecular Hbond substituents is 5. The van der Waals surface area contributed by atoms with Gasteiger partial charge < -0.3 is 25.5 Å². The van der Waals surface area contributed by atoms with Crippen molar-refractivity contribution < 1.29 is 25.5 Å². The summed E-state index contributed by atoms with van der Waals surface area (Å²) < 4.78 is 0. The minimum absolute atomic E-state index is 0.0164. The molecule has 50 heavy (non-hydrogen) atoms. The second-order valence-corrected chi connectivity index (χ2v) is 14.6. The molecule has 5 aromatic rings. The minimum atomic E-state index is -0.0483. The van der Waals surface area contributed by atoms with Gasteiger partial charge in [0.15, 0.2) is 0 Å². The maximum Gasteiger partial charge on any atom is 0.132 e. The maximum atomic E-state index is 12.6. The second kappa shape index (κ2) is 12.5. The third-order valence-electron chi connectivity index (χ3n) is 12.3. The SMILES string of the molecule is Cc1cc(O)c(-c2c(C)c(C)c(C)c(-c3c(C)c(C)c(C)c(-c4c(C)c(C)c(C)c(-c5c(O)cc(C)c(C)c5C)c4O)c3O)c2O)c(C)c1C. The lowest BCUT2D eigenvalue weighted by atomic mass is 9.78. The van der Waals surface area contributed by atoms with Crippen LogP contribution >= 0.6 is 0 Å². The summed E-state index contributed by atoms with van der Waals surface area (Å²) in [6, 6.07) is 3.47. The van der Waals surface area contributed by atoms with Crippen LogP contribution in [0, 0.1) is 104 Å². The van der Waals surface area contributed by atoms with Gasteiger partial charge in [0.1, 0.15) is 28.7 Å². The molecule has 5 rings (SSSR count). The first-order chi connectivity index (χ1) is 23.2. The molecule has 0 fully saturated rings. The Morgan fingerprint density at radius 3 is 0.640 bits per heavy atom. The van der Waals surface area contributed by atoms with E-state index < -0.39 is 0 Å². The molecule has 0 radical (unpaired) electrons. The molecule has 262 valence electrons. The fourth-order valence-electron chi connectivity index (χ4n) is 8.00. The van der Waals surface area contributed by atoms with E-state index in [1.165, 1.54) is 0 Å². The Bertz CT molecular complexity index is 2140. The summed E-state index contributed by atoms with van der Waals surface area (Å²) in [7, 11) is 0. The second-order valence-electron chi connectivity index (χ2n) is 14.6. The highest BCUT2D eigenvalue weighted by molar-refractivity contribution is 5.99. The average molecular weight is 673 g/mol. The zero-order chi connectivity index (χ0) is 37.6. The van der Waals surface area contributed by atoms with Crippen molar-refractivity contribution in [2.75, 3.05) is 0 Å². The summed E-state index contributed by atoms with van der Waals surface area (Å²) in [6.45, 7) is 29.6. The lowest BCUT2D eigenvalue weighted by molar-refractivity contribution is 0.463. The molecule has 0 bridgehead atoms.